The molecule has 0 aliphatic rings. The maximum atomic E-state index is 9.28. The van der Waals surface area contributed by atoms with Crippen LogP contribution in [0.5, 0.6) is 0 Å². The van der Waals surface area contributed by atoms with Crippen molar-refractivity contribution in [3.8, 4) is 12.1 Å². The largest absolute Gasteiger partial charge is 0.437 e. The highest BCUT2D eigenvalue weighted by Crippen LogP contribution is 2.28. The second-order valence-electron chi connectivity index (χ2n) is 12.9. The van der Waals surface area contributed by atoms with Gasteiger partial charge in [0.1, 0.15) is 12.1 Å². The van der Waals surface area contributed by atoms with E-state index in [1.165, 1.54) is 0 Å². The number of benzene rings is 1. The molecule has 0 atom stereocenters. The smallest absolute Gasteiger partial charge is 0.314 e. The molecule has 0 N–H and O–H groups in total. The summed E-state index contributed by atoms with van der Waals surface area (Å²) in [6, 6.07) is 10.7. The number of nitrogens with zero attached hydrogens (tertiary/aromatic N) is 2. The third-order valence-electron chi connectivity index (χ3n) is 5.12. The summed E-state index contributed by atoms with van der Waals surface area (Å²) in [7, 11) is -13.5. The number of hydrogen-bond donors (Lipinski definition) is 0. The standard InChI is InChI=1S/C24H48N2O5Si6/c1-32(2,3)27-34(6,7)29-36(10,11)31-37(12,13)30-35(8,9)28-33(4,5)18-14-15-22-16-17-23(20-25)24(19-22)21-26/h16-17,19H,14-15,18H2,1-13H3. The molecule has 37 heavy (non-hydrogen) atoms. The molecular formula is C24H48N2O5Si6. The van der Waals surface area contributed by atoms with E-state index in [2.05, 4.69) is 97.2 Å². The van der Waals surface area contributed by atoms with Gasteiger partial charge >= 0.3 is 34.2 Å². The van der Waals surface area contributed by atoms with E-state index in [9.17, 15) is 5.26 Å². The summed E-state index contributed by atoms with van der Waals surface area (Å²) >= 11 is 0. The van der Waals surface area contributed by atoms with Crippen LogP contribution in [0.15, 0.2) is 18.2 Å². The van der Waals surface area contributed by atoms with E-state index in [-0.39, 0.29) is 0 Å². The summed E-state index contributed by atoms with van der Waals surface area (Å²) in [5.74, 6) is 0. The molecule has 0 heterocycles. The van der Waals surface area contributed by atoms with E-state index in [1.807, 2.05) is 12.1 Å². The molecular weight excluding hydrogens is 565 g/mol. The first-order valence-corrected chi connectivity index (χ1v) is 30.7. The lowest BCUT2D eigenvalue weighted by molar-refractivity contribution is 0.282. The van der Waals surface area contributed by atoms with Crippen LogP contribution < -0.4 is 0 Å². The lowest BCUT2D eigenvalue weighted by Gasteiger charge is -2.43. The quantitative estimate of drug-likeness (QED) is 0.204. The minimum Gasteiger partial charge on any atom is -0.437 e. The van der Waals surface area contributed by atoms with Crippen LogP contribution in [0.3, 0.4) is 0 Å². The highest BCUT2D eigenvalue weighted by atomic mass is 28.5. The summed E-state index contributed by atoms with van der Waals surface area (Å²) in [4.78, 5) is 0. The molecule has 0 radical (unpaired) electrons. The molecule has 0 spiro atoms. The SMILES string of the molecule is C[Si](C)(C)O[Si](C)(C)O[Si](C)(C)O[Si](C)(C)O[Si](C)(C)O[Si](C)(C)CCCc1ccc(C#N)c(C#N)c1. The summed E-state index contributed by atoms with van der Waals surface area (Å²) in [5, 5.41) is 18.4. The molecule has 208 valence electrons. The van der Waals surface area contributed by atoms with Gasteiger partial charge in [-0.2, -0.15) is 10.5 Å². The zero-order valence-corrected chi connectivity index (χ0v) is 31.3. The predicted octanol–water partition coefficient (Wildman–Crippen LogP) is 7.29. The number of rotatable bonds is 14. The van der Waals surface area contributed by atoms with Crippen molar-refractivity contribution < 1.29 is 20.6 Å². The van der Waals surface area contributed by atoms with E-state index < -0.39 is 50.9 Å². The Bertz CT molecular complexity index is 1010. The van der Waals surface area contributed by atoms with Gasteiger partial charge in [-0.15, -0.1) is 0 Å². The van der Waals surface area contributed by atoms with Gasteiger partial charge < -0.3 is 20.6 Å². The Kier molecular flexibility index (Phi) is 11.7. The monoisotopic (exact) mass is 612 g/mol. The number of nitriles is 2. The van der Waals surface area contributed by atoms with Gasteiger partial charge in [-0.25, -0.2) is 0 Å². The molecule has 0 bridgehead atoms. The Morgan fingerprint density at radius 3 is 1.46 bits per heavy atom. The van der Waals surface area contributed by atoms with Gasteiger partial charge in [0.05, 0.1) is 11.1 Å². The first kappa shape index (κ1) is 34.3. The van der Waals surface area contributed by atoms with Crippen molar-refractivity contribution in [2.45, 2.75) is 104 Å². The Labute approximate surface area is 232 Å². The highest BCUT2D eigenvalue weighted by Gasteiger charge is 2.46. The molecule has 1 aromatic rings. The van der Waals surface area contributed by atoms with Crippen LogP contribution in [0.2, 0.25) is 91.2 Å². The molecule has 0 aromatic heterocycles. The number of hydrogen-bond acceptors (Lipinski definition) is 7. The van der Waals surface area contributed by atoms with Crippen LogP contribution in [0.1, 0.15) is 23.1 Å². The Hall–Kier alpha value is -0.699. The van der Waals surface area contributed by atoms with Crippen molar-refractivity contribution in [1.82, 2.24) is 0 Å². The molecule has 7 nitrogen and oxygen atoms in total. The minimum atomic E-state index is -2.52. The van der Waals surface area contributed by atoms with Crippen molar-refractivity contribution in [2.75, 3.05) is 0 Å². The zero-order chi connectivity index (χ0) is 28.9. The van der Waals surface area contributed by atoms with E-state index in [0.29, 0.717) is 11.1 Å². The molecule has 0 saturated heterocycles. The Morgan fingerprint density at radius 1 is 0.595 bits per heavy atom. The van der Waals surface area contributed by atoms with E-state index in [1.54, 1.807) is 6.07 Å². The average Bonchev–Trinajstić information content (AvgIpc) is 2.61. The van der Waals surface area contributed by atoms with Gasteiger partial charge in [-0.3, -0.25) is 0 Å². The van der Waals surface area contributed by atoms with Gasteiger partial charge in [0.15, 0.2) is 16.6 Å². The van der Waals surface area contributed by atoms with Gasteiger partial charge in [0.25, 0.3) is 0 Å². The normalized spacial score (nSPS) is 13.8. The lowest BCUT2D eigenvalue weighted by Crippen LogP contribution is -2.59. The highest BCUT2D eigenvalue weighted by molar-refractivity contribution is 6.91. The predicted molar refractivity (Wildman–Crippen MR) is 165 cm³/mol. The molecule has 1 rings (SSSR count). The molecule has 1 aromatic carbocycles. The molecule has 0 aliphatic carbocycles. The van der Waals surface area contributed by atoms with E-state index in [0.717, 1.165) is 24.4 Å². The second kappa shape index (κ2) is 12.6. The average molecular weight is 613 g/mol. The molecule has 13 heteroatoms. The van der Waals surface area contributed by atoms with E-state index >= 15 is 0 Å². The Morgan fingerprint density at radius 2 is 1.03 bits per heavy atom. The lowest BCUT2D eigenvalue weighted by atomic mass is 10.0. The first-order chi connectivity index (χ1) is 16.5. The van der Waals surface area contributed by atoms with E-state index in [4.69, 9.17) is 25.8 Å². The Balaban J connectivity index is 2.74. The summed E-state index contributed by atoms with van der Waals surface area (Å²) in [6.07, 6.45) is 1.81. The zero-order valence-electron chi connectivity index (χ0n) is 25.3. The van der Waals surface area contributed by atoms with Gasteiger partial charge in [-0.05, 0) is 122 Å². The van der Waals surface area contributed by atoms with Crippen molar-refractivity contribution in [1.29, 1.82) is 10.5 Å². The van der Waals surface area contributed by atoms with Crippen molar-refractivity contribution in [3.63, 3.8) is 0 Å². The summed E-state index contributed by atoms with van der Waals surface area (Å²) in [6.45, 7) is 27.8. The minimum absolute atomic E-state index is 0.425. The number of aryl methyl sites for hydroxylation is 1. The van der Waals surface area contributed by atoms with Crippen LogP contribution in [-0.2, 0) is 27.0 Å². The topological polar surface area (TPSA) is 93.7 Å². The van der Waals surface area contributed by atoms with Crippen LogP contribution in [-0.4, -0.2) is 50.9 Å². The van der Waals surface area contributed by atoms with Crippen LogP contribution in [0, 0.1) is 22.7 Å². The summed E-state index contributed by atoms with van der Waals surface area (Å²) < 4.78 is 33.0. The van der Waals surface area contributed by atoms with Gasteiger partial charge in [-0.1, -0.05) is 6.07 Å². The van der Waals surface area contributed by atoms with Crippen molar-refractivity contribution in [2.24, 2.45) is 0 Å². The molecule has 0 aliphatic heterocycles. The fourth-order valence-electron chi connectivity index (χ4n) is 4.97. The van der Waals surface area contributed by atoms with Crippen molar-refractivity contribution in [3.05, 3.63) is 34.9 Å². The first-order valence-electron chi connectivity index (χ1n) is 12.9. The fraction of sp³-hybridized carbons (Fsp3) is 0.667. The van der Waals surface area contributed by atoms with Gasteiger partial charge in [0, 0.05) is 0 Å². The molecule has 0 saturated carbocycles. The van der Waals surface area contributed by atoms with Gasteiger partial charge in [0.2, 0.25) is 0 Å². The second-order valence-corrected chi connectivity index (χ2v) is 36.5. The molecule has 0 amide bonds. The van der Waals surface area contributed by atoms with Crippen molar-refractivity contribution >= 4 is 50.9 Å². The third kappa shape index (κ3) is 13.8. The molecule has 0 unspecified atom stereocenters. The van der Waals surface area contributed by atoms with Crippen LogP contribution in [0.25, 0.3) is 0 Å². The molecule has 0 fully saturated rings. The maximum Gasteiger partial charge on any atom is 0.314 e. The van der Waals surface area contributed by atoms with Crippen LogP contribution in [0.4, 0.5) is 0 Å². The maximum absolute atomic E-state index is 9.28. The summed E-state index contributed by atoms with van der Waals surface area (Å²) in [5.41, 5.74) is 1.94. The third-order valence-corrected chi connectivity index (χ3v) is 27.1. The van der Waals surface area contributed by atoms with Crippen LogP contribution >= 0.6 is 0 Å². The fourth-order valence-corrected chi connectivity index (χ4v) is 34.0.